The monoisotopic (exact) mass is 280 g/mol. The number of aryl methyl sites for hydroxylation is 1. The third-order valence-electron chi connectivity index (χ3n) is 4.01. The number of nitrogens with one attached hydrogen (secondary N) is 1. The van der Waals surface area contributed by atoms with Gasteiger partial charge < -0.3 is 9.47 Å². The van der Waals surface area contributed by atoms with E-state index in [1.165, 1.54) is 6.42 Å². The van der Waals surface area contributed by atoms with Gasteiger partial charge in [0.15, 0.2) is 5.82 Å². The molecule has 3 heterocycles. The minimum Gasteiger partial charge on any atom is -0.381 e. The maximum absolute atomic E-state index is 5.83. The summed E-state index contributed by atoms with van der Waals surface area (Å²) in [6.07, 6.45) is 3.22. The second kappa shape index (κ2) is 6.65. The average Bonchev–Trinajstić information content (AvgIpc) is 3.11. The molecule has 2 atom stereocenters. The molecule has 2 unspecified atom stereocenters. The smallest absolute Gasteiger partial charge is 0.180 e. The van der Waals surface area contributed by atoms with Gasteiger partial charge >= 0.3 is 0 Å². The first-order valence-corrected chi connectivity index (χ1v) is 7.68. The largest absolute Gasteiger partial charge is 0.381 e. The number of aromatic amines is 1. The Morgan fingerprint density at radius 1 is 1.40 bits per heavy atom. The predicted molar refractivity (Wildman–Crippen MR) is 74.4 cm³/mol. The number of hydrogen-bond donors (Lipinski definition) is 1. The Morgan fingerprint density at radius 2 is 2.35 bits per heavy atom. The van der Waals surface area contributed by atoms with Crippen molar-refractivity contribution in [3.63, 3.8) is 0 Å². The summed E-state index contributed by atoms with van der Waals surface area (Å²) in [6, 6.07) is 0. The lowest BCUT2D eigenvalue weighted by molar-refractivity contribution is -0.0388. The van der Waals surface area contributed by atoms with Gasteiger partial charge in [-0.3, -0.25) is 10.00 Å². The number of H-pyrrole nitrogens is 1. The molecular formula is C14H24N4O2. The predicted octanol–water partition coefficient (Wildman–Crippen LogP) is 1.17. The first kappa shape index (κ1) is 14.0. The van der Waals surface area contributed by atoms with Crippen LogP contribution in [0.3, 0.4) is 0 Å². The van der Waals surface area contributed by atoms with E-state index in [1.807, 2.05) is 0 Å². The lowest BCUT2D eigenvalue weighted by Gasteiger charge is -2.32. The van der Waals surface area contributed by atoms with Crippen molar-refractivity contribution < 1.29 is 9.47 Å². The third-order valence-corrected chi connectivity index (χ3v) is 4.01. The van der Waals surface area contributed by atoms with Crippen LogP contribution in [0.5, 0.6) is 0 Å². The highest BCUT2D eigenvalue weighted by Crippen LogP contribution is 2.22. The van der Waals surface area contributed by atoms with E-state index in [2.05, 4.69) is 27.0 Å². The molecule has 1 aromatic rings. The van der Waals surface area contributed by atoms with Crippen LogP contribution >= 0.6 is 0 Å². The van der Waals surface area contributed by atoms with Gasteiger partial charge in [0.25, 0.3) is 0 Å². The molecule has 1 N–H and O–H groups in total. The Hall–Kier alpha value is -0.980. The molecule has 6 nitrogen and oxygen atoms in total. The minimum absolute atomic E-state index is 0.00734. The molecule has 2 saturated heterocycles. The molecule has 0 amide bonds. The molecule has 0 spiro atoms. The Morgan fingerprint density at radius 3 is 3.15 bits per heavy atom. The molecule has 6 heteroatoms. The van der Waals surface area contributed by atoms with E-state index in [-0.39, 0.29) is 6.10 Å². The molecule has 1 aromatic heterocycles. The molecule has 2 fully saturated rings. The van der Waals surface area contributed by atoms with Crippen LogP contribution < -0.4 is 0 Å². The molecule has 0 aromatic carbocycles. The molecule has 2 aliphatic rings. The van der Waals surface area contributed by atoms with Gasteiger partial charge in [-0.15, -0.1) is 0 Å². The van der Waals surface area contributed by atoms with E-state index >= 15 is 0 Å². The molecule has 0 saturated carbocycles. The second-order valence-electron chi connectivity index (χ2n) is 5.74. The summed E-state index contributed by atoms with van der Waals surface area (Å²) in [5, 5.41) is 7.32. The Balaban J connectivity index is 1.56. The first-order chi connectivity index (χ1) is 9.85. The fraction of sp³-hybridized carbons (Fsp3) is 0.857. The molecule has 0 radical (unpaired) electrons. The number of morpholine rings is 1. The quantitative estimate of drug-likeness (QED) is 0.877. The number of nitrogens with zero attached hydrogens (tertiary/aromatic N) is 3. The SMILES string of the molecule is CCCc1nc(C2CN(CC3CCOC3)CCO2)n[nH]1. The van der Waals surface area contributed by atoms with E-state index in [1.54, 1.807) is 0 Å². The van der Waals surface area contributed by atoms with Gasteiger partial charge in [-0.1, -0.05) is 6.92 Å². The molecule has 2 aliphatic heterocycles. The molecule has 112 valence electrons. The number of hydrogen-bond acceptors (Lipinski definition) is 5. The highest BCUT2D eigenvalue weighted by Gasteiger charge is 2.27. The Labute approximate surface area is 119 Å². The van der Waals surface area contributed by atoms with E-state index in [4.69, 9.17) is 9.47 Å². The van der Waals surface area contributed by atoms with Gasteiger partial charge in [0.1, 0.15) is 11.9 Å². The minimum atomic E-state index is 0.00734. The number of aromatic nitrogens is 3. The Bertz CT molecular complexity index is 417. The first-order valence-electron chi connectivity index (χ1n) is 7.68. The van der Waals surface area contributed by atoms with Crippen molar-refractivity contribution in [2.45, 2.75) is 32.3 Å². The van der Waals surface area contributed by atoms with Gasteiger partial charge in [-0.2, -0.15) is 5.10 Å². The van der Waals surface area contributed by atoms with Gasteiger partial charge in [-0.25, -0.2) is 4.98 Å². The van der Waals surface area contributed by atoms with Gasteiger partial charge in [0, 0.05) is 32.7 Å². The van der Waals surface area contributed by atoms with Crippen LogP contribution in [0.25, 0.3) is 0 Å². The molecule has 20 heavy (non-hydrogen) atoms. The summed E-state index contributed by atoms with van der Waals surface area (Å²) in [5.41, 5.74) is 0. The van der Waals surface area contributed by atoms with Crippen LogP contribution in [0.1, 0.15) is 37.5 Å². The van der Waals surface area contributed by atoms with E-state index in [0.29, 0.717) is 5.92 Å². The van der Waals surface area contributed by atoms with Gasteiger partial charge in [0.2, 0.25) is 0 Å². The van der Waals surface area contributed by atoms with Crippen LogP contribution in [0, 0.1) is 5.92 Å². The molecule has 3 rings (SSSR count). The summed E-state index contributed by atoms with van der Waals surface area (Å²) in [5.74, 6) is 2.45. The zero-order valence-electron chi connectivity index (χ0n) is 12.2. The molecule has 0 aliphatic carbocycles. The zero-order chi connectivity index (χ0) is 13.8. The topological polar surface area (TPSA) is 63.3 Å². The van der Waals surface area contributed by atoms with E-state index in [0.717, 1.165) is 63.9 Å². The van der Waals surface area contributed by atoms with Crippen LogP contribution in [0.15, 0.2) is 0 Å². The second-order valence-corrected chi connectivity index (χ2v) is 5.74. The van der Waals surface area contributed by atoms with Crippen LogP contribution in [0.4, 0.5) is 0 Å². The highest BCUT2D eigenvalue weighted by molar-refractivity contribution is 4.97. The van der Waals surface area contributed by atoms with Crippen LogP contribution in [-0.2, 0) is 15.9 Å². The van der Waals surface area contributed by atoms with Gasteiger partial charge in [0.05, 0.1) is 13.2 Å². The van der Waals surface area contributed by atoms with Crippen molar-refractivity contribution in [3.05, 3.63) is 11.6 Å². The van der Waals surface area contributed by atoms with Crippen molar-refractivity contribution in [1.82, 2.24) is 20.1 Å². The zero-order valence-corrected chi connectivity index (χ0v) is 12.2. The fourth-order valence-electron chi connectivity index (χ4n) is 2.92. The maximum atomic E-state index is 5.83. The van der Waals surface area contributed by atoms with Crippen LogP contribution in [-0.4, -0.2) is 59.5 Å². The van der Waals surface area contributed by atoms with E-state index < -0.39 is 0 Å². The van der Waals surface area contributed by atoms with Gasteiger partial charge in [-0.05, 0) is 18.8 Å². The maximum Gasteiger partial charge on any atom is 0.180 e. The number of ether oxygens (including phenoxy) is 2. The number of rotatable bonds is 5. The van der Waals surface area contributed by atoms with Crippen LogP contribution in [0.2, 0.25) is 0 Å². The standard InChI is InChI=1S/C14H24N4O2/c1-2-3-13-15-14(17-16-13)12-9-18(5-7-20-12)8-11-4-6-19-10-11/h11-12H,2-10H2,1H3,(H,15,16,17). The lowest BCUT2D eigenvalue weighted by Crippen LogP contribution is -2.41. The normalized spacial score (nSPS) is 28.1. The van der Waals surface area contributed by atoms with Crippen molar-refractivity contribution >= 4 is 0 Å². The summed E-state index contributed by atoms with van der Waals surface area (Å²) in [6.45, 7) is 7.72. The lowest BCUT2D eigenvalue weighted by atomic mass is 10.1. The summed E-state index contributed by atoms with van der Waals surface area (Å²) in [4.78, 5) is 7.01. The third kappa shape index (κ3) is 3.37. The molecule has 0 bridgehead atoms. The van der Waals surface area contributed by atoms with Crippen molar-refractivity contribution in [2.24, 2.45) is 5.92 Å². The van der Waals surface area contributed by atoms with E-state index in [9.17, 15) is 0 Å². The summed E-state index contributed by atoms with van der Waals surface area (Å²) >= 11 is 0. The summed E-state index contributed by atoms with van der Waals surface area (Å²) in [7, 11) is 0. The van der Waals surface area contributed by atoms with Crippen molar-refractivity contribution in [2.75, 3.05) is 39.5 Å². The highest BCUT2D eigenvalue weighted by atomic mass is 16.5. The van der Waals surface area contributed by atoms with Crippen molar-refractivity contribution in [1.29, 1.82) is 0 Å². The average molecular weight is 280 g/mol. The Kier molecular flexibility index (Phi) is 4.65. The fourth-order valence-corrected chi connectivity index (χ4v) is 2.92. The van der Waals surface area contributed by atoms with Crippen molar-refractivity contribution in [3.8, 4) is 0 Å². The molecular weight excluding hydrogens is 256 g/mol. The summed E-state index contributed by atoms with van der Waals surface area (Å²) < 4.78 is 11.3.